The van der Waals surface area contributed by atoms with Gasteiger partial charge in [-0.15, -0.1) is 0 Å². The minimum absolute atomic E-state index is 0.101. The van der Waals surface area contributed by atoms with Crippen LogP contribution in [0.1, 0.15) is 26.7 Å². The number of ether oxygens (including phenoxy) is 2. The Morgan fingerprint density at radius 1 is 1.43 bits per heavy atom. The van der Waals surface area contributed by atoms with Gasteiger partial charge in [-0.2, -0.15) is 0 Å². The van der Waals surface area contributed by atoms with Crippen molar-refractivity contribution in [2.75, 3.05) is 19.7 Å². The van der Waals surface area contributed by atoms with E-state index in [2.05, 4.69) is 5.32 Å². The van der Waals surface area contributed by atoms with Gasteiger partial charge in [-0.05, 0) is 45.7 Å². The van der Waals surface area contributed by atoms with Gasteiger partial charge >= 0.3 is 6.16 Å². The summed E-state index contributed by atoms with van der Waals surface area (Å²) < 4.78 is 9.87. The van der Waals surface area contributed by atoms with Crippen LogP contribution in [0.4, 0.5) is 4.79 Å². The van der Waals surface area contributed by atoms with E-state index < -0.39 is 6.16 Å². The molecular formula is C10H19NO3. The van der Waals surface area contributed by atoms with Gasteiger partial charge in [0.25, 0.3) is 0 Å². The maximum absolute atomic E-state index is 11.0. The van der Waals surface area contributed by atoms with Crippen molar-refractivity contribution in [1.29, 1.82) is 0 Å². The van der Waals surface area contributed by atoms with Crippen molar-refractivity contribution in [1.82, 2.24) is 5.32 Å². The second-order valence-electron chi connectivity index (χ2n) is 3.92. The van der Waals surface area contributed by atoms with Gasteiger partial charge in [0, 0.05) is 0 Å². The van der Waals surface area contributed by atoms with E-state index in [-0.39, 0.29) is 6.10 Å². The molecule has 14 heavy (non-hydrogen) atoms. The molecule has 0 aromatic rings. The molecule has 1 aliphatic rings. The molecule has 4 nitrogen and oxygen atoms in total. The second kappa shape index (κ2) is 5.86. The Morgan fingerprint density at radius 2 is 2.07 bits per heavy atom. The highest BCUT2D eigenvalue weighted by Crippen LogP contribution is 2.12. The van der Waals surface area contributed by atoms with E-state index in [1.54, 1.807) is 0 Å². The molecule has 0 radical (unpaired) electrons. The fraction of sp³-hybridized carbons (Fsp3) is 0.900. The largest absolute Gasteiger partial charge is 0.508 e. The van der Waals surface area contributed by atoms with Crippen LogP contribution in [-0.2, 0) is 9.47 Å². The maximum Gasteiger partial charge on any atom is 0.508 e. The van der Waals surface area contributed by atoms with Gasteiger partial charge in [0.2, 0.25) is 0 Å². The van der Waals surface area contributed by atoms with Crippen LogP contribution in [0.15, 0.2) is 0 Å². The summed E-state index contributed by atoms with van der Waals surface area (Å²) in [4.78, 5) is 11.0. The Morgan fingerprint density at radius 3 is 2.64 bits per heavy atom. The van der Waals surface area contributed by atoms with Crippen molar-refractivity contribution < 1.29 is 14.3 Å². The summed E-state index contributed by atoms with van der Waals surface area (Å²) in [5.74, 6) is 0.496. The van der Waals surface area contributed by atoms with Crippen LogP contribution in [-0.4, -0.2) is 32.0 Å². The molecule has 1 fully saturated rings. The predicted molar refractivity (Wildman–Crippen MR) is 53.2 cm³/mol. The van der Waals surface area contributed by atoms with Gasteiger partial charge in [0.15, 0.2) is 0 Å². The van der Waals surface area contributed by atoms with Crippen LogP contribution >= 0.6 is 0 Å². The lowest BCUT2D eigenvalue weighted by molar-refractivity contribution is 0.0226. The van der Waals surface area contributed by atoms with Crippen molar-refractivity contribution >= 4 is 6.16 Å². The fourth-order valence-electron chi connectivity index (χ4n) is 1.46. The van der Waals surface area contributed by atoms with Gasteiger partial charge in [-0.3, -0.25) is 0 Å². The summed E-state index contributed by atoms with van der Waals surface area (Å²) in [5.41, 5.74) is 0. The van der Waals surface area contributed by atoms with Crippen LogP contribution in [0.3, 0.4) is 0 Å². The molecule has 0 bridgehead atoms. The molecule has 0 spiro atoms. The number of nitrogens with one attached hydrogen (secondary N) is 1. The van der Waals surface area contributed by atoms with Crippen molar-refractivity contribution in [2.45, 2.75) is 32.8 Å². The monoisotopic (exact) mass is 201 g/mol. The number of hydrogen-bond acceptors (Lipinski definition) is 4. The van der Waals surface area contributed by atoms with Gasteiger partial charge in [-0.1, -0.05) is 0 Å². The summed E-state index contributed by atoms with van der Waals surface area (Å²) in [7, 11) is 0. The normalized spacial score (nSPS) is 18.2. The summed E-state index contributed by atoms with van der Waals surface area (Å²) in [6, 6.07) is 0. The molecule has 0 atom stereocenters. The van der Waals surface area contributed by atoms with E-state index in [9.17, 15) is 4.79 Å². The lowest BCUT2D eigenvalue weighted by Crippen LogP contribution is -2.30. The minimum Gasteiger partial charge on any atom is -0.434 e. The Kier molecular flexibility index (Phi) is 4.73. The quantitative estimate of drug-likeness (QED) is 0.704. The van der Waals surface area contributed by atoms with Crippen molar-refractivity contribution in [3.05, 3.63) is 0 Å². The van der Waals surface area contributed by atoms with E-state index in [1.165, 1.54) is 0 Å². The van der Waals surface area contributed by atoms with Crippen molar-refractivity contribution in [2.24, 2.45) is 5.92 Å². The summed E-state index contributed by atoms with van der Waals surface area (Å²) >= 11 is 0. The number of piperidine rings is 1. The van der Waals surface area contributed by atoms with Crippen LogP contribution in [0, 0.1) is 5.92 Å². The third-order valence-corrected chi connectivity index (χ3v) is 2.23. The number of rotatable bonds is 3. The van der Waals surface area contributed by atoms with E-state index in [1.807, 2.05) is 13.8 Å². The lowest BCUT2D eigenvalue weighted by Gasteiger charge is -2.22. The molecule has 1 N–H and O–H groups in total. The second-order valence-corrected chi connectivity index (χ2v) is 3.92. The predicted octanol–water partition coefficient (Wildman–Crippen LogP) is 1.55. The highest BCUT2D eigenvalue weighted by molar-refractivity contribution is 5.59. The van der Waals surface area contributed by atoms with Crippen LogP contribution in [0.25, 0.3) is 0 Å². The Hall–Kier alpha value is -0.770. The molecule has 1 saturated heterocycles. The van der Waals surface area contributed by atoms with Crippen LogP contribution in [0.2, 0.25) is 0 Å². The SMILES string of the molecule is CC(C)OC(=O)OCC1CCNCC1. The molecule has 82 valence electrons. The molecule has 0 saturated carbocycles. The van der Waals surface area contributed by atoms with E-state index >= 15 is 0 Å². The minimum atomic E-state index is -0.543. The first kappa shape index (κ1) is 11.3. The van der Waals surface area contributed by atoms with E-state index in [0.717, 1.165) is 25.9 Å². The highest BCUT2D eigenvalue weighted by Gasteiger charge is 2.15. The molecule has 0 aromatic carbocycles. The first-order valence-electron chi connectivity index (χ1n) is 5.22. The van der Waals surface area contributed by atoms with Gasteiger partial charge < -0.3 is 14.8 Å². The zero-order chi connectivity index (χ0) is 10.4. The lowest BCUT2D eigenvalue weighted by atomic mass is 9.99. The molecule has 1 aliphatic heterocycles. The topological polar surface area (TPSA) is 47.6 Å². The number of hydrogen-bond donors (Lipinski definition) is 1. The summed E-state index contributed by atoms with van der Waals surface area (Å²) in [5, 5.41) is 3.26. The van der Waals surface area contributed by atoms with Crippen molar-refractivity contribution in [3.8, 4) is 0 Å². The fourth-order valence-corrected chi connectivity index (χ4v) is 1.46. The van der Waals surface area contributed by atoms with Crippen molar-refractivity contribution in [3.63, 3.8) is 0 Å². The molecule has 1 heterocycles. The average molecular weight is 201 g/mol. The highest BCUT2D eigenvalue weighted by atomic mass is 16.7. The van der Waals surface area contributed by atoms with Gasteiger partial charge in [-0.25, -0.2) is 4.79 Å². The Labute approximate surface area is 85.0 Å². The first-order valence-corrected chi connectivity index (χ1v) is 5.22. The Bertz CT molecular complexity index is 176. The molecular weight excluding hydrogens is 182 g/mol. The zero-order valence-corrected chi connectivity index (χ0v) is 8.91. The third-order valence-electron chi connectivity index (χ3n) is 2.23. The van der Waals surface area contributed by atoms with E-state index in [0.29, 0.717) is 12.5 Å². The zero-order valence-electron chi connectivity index (χ0n) is 8.91. The number of carbonyl (C=O) groups is 1. The van der Waals surface area contributed by atoms with Crippen LogP contribution in [0.5, 0.6) is 0 Å². The average Bonchev–Trinajstić information content (AvgIpc) is 2.15. The van der Waals surface area contributed by atoms with Gasteiger partial charge in [0.1, 0.15) is 0 Å². The summed E-state index contributed by atoms with van der Waals surface area (Å²) in [6.07, 6.45) is 1.51. The first-order chi connectivity index (χ1) is 6.68. The van der Waals surface area contributed by atoms with Gasteiger partial charge in [0.05, 0.1) is 12.7 Å². The maximum atomic E-state index is 11.0. The number of carbonyl (C=O) groups excluding carboxylic acids is 1. The summed E-state index contributed by atoms with van der Waals surface area (Å²) in [6.45, 7) is 6.16. The molecule has 0 aliphatic carbocycles. The molecule has 4 heteroatoms. The molecule has 1 rings (SSSR count). The smallest absolute Gasteiger partial charge is 0.434 e. The van der Waals surface area contributed by atoms with E-state index in [4.69, 9.17) is 9.47 Å². The standard InChI is InChI=1S/C10H19NO3/c1-8(2)14-10(12)13-7-9-3-5-11-6-4-9/h8-9,11H,3-7H2,1-2H3. The molecule has 0 amide bonds. The van der Waals surface area contributed by atoms with Crippen LogP contribution < -0.4 is 5.32 Å². The Balaban J connectivity index is 2.09. The molecule has 0 unspecified atom stereocenters. The molecule has 0 aromatic heterocycles. The third kappa shape index (κ3) is 4.46.